The van der Waals surface area contributed by atoms with Gasteiger partial charge in [-0.05, 0) is 75.8 Å². The quantitative estimate of drug-likeness (QED) is 0.661. The Morgan fingerprint density at radius 1 is 0.972 bits per heavy atom. The molecule has 0 spiro atoms. The Morgan fingerprint density at radius 3 is 2.56 bits per heavy atom. The first-order valence-corrected chi connectivity index (χ1v) is 13.1. The third kappa shape index (κ3) is 4.76. The summed E-state index contributed by atoms with van der Waals surface area (Å²) in [6.07, 6.45) is 5.94. The Hall–Kier alpha value is -3.55. The molecule has 2 aromatic carbocycles. The molecule has 190 valence electrons. The molecule has 1 N–H and O–H groups in total. The number of nitrogens with one attached hydrogen (secondary N) is 1. The lowest BCUT2D eigenvalue weighted by Crippen LogP contribution is -2.56. The van der Waals surface area contributed by atoms with Crippen molar-refractivity contribution in [1.29, 1.82) is 0 Å². The first-order valence-electron chi connectivity index (χ1n) is 13.1. The predicted octanol–water partition coefficient (Wildman–Crippen LogP) is 4.06. The Balaban J connectivity index is 1.44. The van der Waals surface area contributed by atoms with Gasteiger partial charge in [0.05, 0.1) is 23.7 Å². The van der Waals surface area contributed by atoms with Crippen molar-refractivity contribution in [2.45, 2.75) is 51.5 Å². The molecule has 8 heteroatoms. The van der Waals surface area contributed by atoms with Gasteiger partial charge in [0, 0.05) is 25.2 Å². The minimum atomic E-state index is -0.307. The first-order chi connectivity index (χ1) is 17.6. The van der Waals surface area contributed by atoms with Gasteiger partial charge in [0.15, 0.2) is 0 Å². The van der Waals surface area contributed by atoms with Crippen molar-refractivity contribution in [1.82, 2.24) is 4.90 Å². The molecule has 3 aliphatic heterocycles. The van der Waals surface area contributed by atoms with E-state index in [2.05, 4.69) is 10.2 Å². The summed E-state index contributed by atoms with van der Waals surface area (Å²) in [7, 11) is 0. The van der Waals surface area contributed by atoms with E-state index < -0.39 is 0 Å². The third-order valence-electron chi connectivity index (χ3n) is 7.28. The molecule has 36 heavy (non-hydrogen) atoms. The Labute approximate surface area is 212 Å². The van der Waals surface area contributed by atoms with Crippen molar-refractivity contribution in [2.24, 2.45) is 0 Å². The van der Waals surface area contributed by atoms with E-state index in [1.165, 1.54) is 0 Å². The van der Waals surface area contributed by atoms with E-state index in [1.54, 1.807) is 23.1 Å². The van der Waals surface area contributed by atoms with Gasteiger partial charge in [0.1, 0.15) is 18.3 Å². The van der Waals surface area contributed by atoms with Gasteiger partial charge >= 0.3 is 0 Å². The van der Waals surface area contributed by atoms with Gasteiger partial charge in [-0.3, -0.25) is 19.3 Å². The fourth-order valence-electron chi connectivity index (χ4n) is 5.52. The fraction of sp³-hybridized carbons (Fsp3) is 0.464. The van der Waals surface area contributed by atoms with Crippen LogP contribution in [0.2, 0.25) is 0 Å². The van der Waals surface area contributed by atoms with E-state index in [0.29, 0.717) is 29.3 Å². The van der Waals surface area contributed by atoms with Gasteiger partial charge in [-0.15, -0.1) is 0 Å². The predicted molar refractivity (Wildman–Crippen MR) is 140 cm³/mol. The first kappa shape index (κ1) is 24.2. The summed E-state index contributed by atoms with van der Waals surface area (Å²) in [4.78, 5) is 45.7. The molecule has 0 unspecified atom stereocenters. The van der Waals surface area contributed by atoms with Crippen LogP contribution < -0.4 is 19.9 Å². The molecule has 0 bridgehead atoms. The van der Waals surface area contributed by atoms with E-state index in [4.69, 9.17) is 4.74 Å². The van der Waals surface area contributed by atoms with Crippen LogP contribution in [0.15, 0.2) is 42.5 Å². The second kappa shape index (κ2) is 10.6. The molecule has 3 aliphatic rings. The lowest BCUT2D eigenvalue weighted by atomic mass is 9.95. The number of anilines is 3. The van der Waals surface area contributed by atoms with Gasteiger partial charge in [0.2, 0.25) is 11.8 Å². The van der Waals surface area contributed by atoms with E-state index in [0.717, 1.165) is 63.8 Å². The Morgan fingerprint density at radius 2 is 1.75 bits per heavy atom. The molecule has 1 atom stereocenters. The topological polar surface area (TPSA) is 82.2 Å². The monoisotopic (exact) mass is 490 g/mol. The minimum absolute atomic E-state index is 0.0132. The van der Waals surface area contributed by atoms with Gasteiger partial charge in [0.25, 0.3) is 5.91 Å². The molecule has 0 radical (unpaired) electrons. The summed E-state index contributed by atoms with van der Waals surface area (Å²) in [6.45, 7) is 4.56. The minimum Gasteiger partial charge on any atom is -0.492 e. The van der Waals surface area contributed by atoms with Crippen LogP contribution in [0, 0.1) is 0 Å². The normalized spacial score (nSPS) is 19.4. The average Bonchev–Trinajstić information content (AvgIpc) is 2.92. The van der Waals surface area contributed by atoms with Crippen molar-refractivity contribution >= 4 is 34.8 Å². The number of nitrogens with zero attached hydrogens (tertiary/aromatic N) is 3. The summed E-state index contributed by atoms with van der Waals surface area (Å²) >= 11 is 0. The number of piperidine rings is 2. The number of carbonyl (C=O) groups is 3. The smallest absolute Gasteiger partial charge is 0.253 e. The number of amides is 3. The van der Waals surface area contributed by atoms with Gasteiger partial charge < -0.3 is 19.9 Å². The van der Waals surface area contributed by atoms with Crippen molar-refractivity contribution in [3.05, 3.63) is 48.0 Å². The molecule has 3 heterocycles. The number of hydrogen-bond acceptors (Lipinski definition) is 5. The standard InChI is InChI=1S/C28H34N4O4/c1-2-36-25-12-5-4-10-21(25)29-26(33)19-32-24-18-20(27(34)30-15-7-3-8-16-30)13-14-22(24)31-17-9-6-11-23(31)28(32)35/h4-5,10,12-14,18,23H,2-3,6-9,11,15-17,19H2,1H3,(H,29,33)/t23-/m1/s1. The van der Waals surface area contributed by atoms with Crippen molar-refractivity contribution in [3.63, 3.8) is 0 Å². The number of ether oxygens (including phenoxy) is 1. The highest BCUT2D eigenvalue weighted by molar-refractivity contribution is 6.11. The molecule has 2 fully saturated rings. The number of rotatable bonds is 6. The molecule has 0 saturated carbocycles. The van der Waals surface area contributed by atoms with Crippen molar-refractivity contribution in [2.75, 3.05) is 47.9 Å². The summed E-state index contributed by atoms with van der Waals surface area (Å²) in [5.41, 5.74) is 2.68. The summed E-state index contributed by atoms with van der Waals surface area (Å²) in [5, 5.41) is 2.91. The van der Waals surface area contributed by atoms with E-state index in [-0.39, 0.29) is 30.3 Å². The number of hydrogen-bond donors (Lipinski definition) is 1. The van der Waals surface area contributed by atoms with Crippen LogP contribution in [0.3, 0.4) is 0 Å². The van der Waals surface area contributed by atoms with Crippen LogP contribution in [0.4, 0.5) is 17.1 Å². The maximum Gasteiger partial charge on any atom is 0.253 e. The Bertz CT molecular complexity index is 1140. The molecule has 2 saturated heterocycles. The zero-order chi connectivity index (χ0) is 25.1. The van der Waals surface area contributed by atoms with E-state index in [1.807, 2.05) is 36.1 Å². The maximum absolute atomic E-state index is 13.6. The second-order valence-corrected chi connectivity index (χ2v) is 9.66. The van der Waals surface area contributed by atoms with Gasteiger partial charge in [-0.25, -0.2) is 0 Å². The molecule has 3 amide bonds. The van der Waals surface area contributed by atoms with Crippen LogP contribution in [-0.4, -0.2) is 61.4 Å². The summed E-state index contributed by atoms with van der Waals surface area (Å²) < 4.78 is 5.63. The zero-order valence-electron chi connectivity index (χ0n) is 20.9. The van der Waals surface area contributed by atoms with Crippen molar-refractivity contribution < 1.29 is 19.1 Å². The summed E-state index contributed by atoms with van der Waals surface area (Å²) in [6, 6.07) is 12.6. The number of fused-ring (bicyclic) bond motifs is 3. The number of benzene rings is 2. The zero-order valence-corrected chi connectivity index (χ0v) is 20.9. The van der Waals surface area contributed by atoms with Gasteiger partial charge in [-0.2, -0.15) is 0 Å². The second-order valence-electron chi connectivity index (χ2n) is 9.66. The average molecular weight is 491 g/mol. The van der Waals surface area contributed by atoms with Gasteiger partial charge in [-0.1, -0.05) is 12.1 Å². The molecular formula is C28H34N4O4. The highest BCUT2D eigenvalue weighted by Crippen LogP contribution is 2.40. The van der Waals surface area contributed by atoms with Crippen LogP contribution in [0.25, 0.3) is 0 Å². The third-order valence-corrected chi connectivity index (χ3v) is 7.28. The lowest BCUT2D eigenvalue weighted by molar-refractivity contribution is -0.123. The number of para-hydroxylation sites is 2. The van der Waals surface area contributed by atoms with E-state index in [9.17, 15) is 14.4 Å². The Kier molecular flexibility index (Phi) is 7.11. The van der Waals surface area contributed by atoms with Crippen LogP contribution in [0.1, 0.15) is 55.8 Å². The SMILES string of the molecule is CCOc1ccccc1NC(=O)CN1C(=O)[C@H]2CCCCN2c2ccc(C(=O)N3CCCCC3)cc21. The van der Waals surface area contributed by atoms with Crippen LogP contribution >= 0.6 is 0 Å². The molecule has 8 nitrogen and oxygen atoms in total. The number of likely N-dealkylation sites (tertiary alicyclic amines) is 1. The molecule has 0 aliphatic carbocycles. The summed E-state index contributed by atoms with van der Waals surface area (Å²) in [5.74, 6) is 0.184. The highest BCUT2D eigenvalue weighted by atomic mass is 16.5. The molecule has 5 rings (SSSR count). The maximum atomic E-state index is 13.6. The molecular weight excluding hydrogens is 456 g/mol. The van der Waals surface area contributed by atoms with Crippen LogP contribution in [-0.2, 0) is 9.59 Å². The lowest BCUT2D eigenvalue weighted by Gasteiger charge is -2.45. The van der Waals surface area contributed by atoms with Crippen molar-refractivity contribution in [3.8, 4) is 5.75 Å². The fourth-order valence-corrected chi connectivity index (χ4v) is 5.52. The molecule has 2 aromatic rings. The number of carbonyl (C=O) groups excluding carboxylic acids is 3. The van der Waals surface area contributed by atoms with Crippen LogP contribution in [0.5, 0.6) is 5.75 Å². The largest absolute Gasteiger partial charge is 0.492 e. The highest BCUT2D eigenvalue weighted by Gasteiger charge is 2.40. The van der Waals surface area contributed by atoms with E-state index >= 15 is 0 Å². The molecule has 0 aromatic heterocycles.